The minimum Gasteiger partial charge on any atom is -0.351 e. The van der Waals surface area contributed by atoms with Crippen LogP contribution in [0.25, 0.3) is 0 Å². The molecular weight excluding hydrogens is 304 g/mol. The molecule has 1 heterocycles. The normalized spacial score (nSPS) is 14.9. The van der Waals surface area contributed by atoms with Gasteiger partial charge < -0.3 is 10.6 Å². The van der Waals surface area contributed by atoms with Gasteiger partial charge in [0, 0.05) is 31.4 Å². The van der Waals surface area contributed by atoms with Crippen LogP contribution in [0, 0.1) is 0 Å². The Kier molecular flexibility index (Phi) is 4.64. The number of benzene rings is 1. The summed E-state index contributed by atoms with van der Waals surface area (Å²) >= 11 is 0. The van der Waals surface area contributed by atoms with Crippen LogP contribution in [0.2, 0.25) is 0 Å². The molecule has 1 saturated carbocycles. The van der Waals surface area contributed by atoms with E-state index in [9.17, 15) is 9.59 Å². The molecule has 0 saturated heterocycles. The van der Waals surface area contributed by atoms with Crippen molar-refractivity contribution in [3.05, 3.63) is 53.3 Å². The molecule has 2 N–H and O–H groups in total. The van der Waals surface area contributed by atoms with Gasteiger partial charge in [0.15, 0.2) is 0 Å². The Balaban J connectivity index is 1.58. The van der Waals surface area contributed by atoms with E-state index in [-0.39, 0.29) is 17.7 Å². The van der Waals surface area contributed by atoms with Crippen molar-refractivity contribution in [1.82, 2.24) is 20.4 Å². The summed E-state index contributed by atoms with van der Waals surface area (Å²) in [6.07, 6.45) is 3.81. The van der Waals surface area contributed by atoms with E-state index in [1.807, 2.05) is 38.2 Å². The van der Waals surface area contributed by atoms with Gasteiger partial charge in [-0.15, -0.1) is 0 Å². The highest BCUT2D eigenvalue weighted by molar-refractivity contribution is 5.94. The lowest BCUT2D eigenvalue weighted by Gasteiger charge is -2.13. The summed E-state index contributed by atoms with van der Waals surface area (Å²) in [7, 11) is 1.82. The van der Waals surface area contributed by atoms with Gasteiger partial charge in [-0.05, 0) is 43.5 Å². The van der Waals surface area contributed by atoms with Crippen molar-refractivity contribution in [3.63, 3.8) is 0 Å². The molecule has 1 atom stereocenters. The van der Waals surface area contributed by atoms with Crippen molar-refractivity contribution in [3.8, 4) is 0 Å². The molecule has 126 valence electrons. The summed E-state index contributed by atoms with van der Waals surface area (Å²) < 4.78 is 1.70. The van der Waals surface area contributed by atoms with Crippen LogP contribution in [-0.2, 0) is 18.4 Å². The van der Waals surface area contributed by atoms with Crippen molar-refractivity contribution in [1.29, 1.82) is 0 Å². The fraction of sp³-hybridized carbons (Fsp3) is 0.389. The van der Waals surface area contributed by atoms with Crippen LogP contribution in [0.4, 0.5) is 0 Å². The van der Waals surface area contributed by atoms with Crippen LogP contribution in [0.1, 0.15) is 47.3 Å². The van der Waals surface area contributed by atoms with Crippen molar-refractivity contribution < 1.29 is 9.59 Å². The summed E-state index contributed by atoms with van der Waals surface area (Å²) in [4.78, 5) is 24.4. The Labute approximate surface area is 141 Å². The topological polar surface area (TPSA) is 76.0 Å². The maximum atomic E-state index is 12.3. The van der Waals surface area contributed by atoms with Crippen molar-refractivity contribution >= 4 is 11.8 Å². The molecule has 1 aromatic heterocycles. The van der Waals surface area contributed by atoms with Crippen molar-refractivity contribution in [2.45, 2.75) is 38.3 Å². The van der Waals surface area contributed by atoms with Crippen LogP contribution >= 0.6 is 0 Å². The standard InChI is InChI=1S/C18H22N4O2/c1-12(16-8-9-20-22(16)2)17(23)19-11-13-4-3-5-14(10-13)18(24)21-15-6-7-15/h3-5,8-10,12,15H,6-7,11H2,1-2H3,(H,19,23)(H,21,24). The van der Waals surface area contributed by atoms with Crippen molar-refractivity contribution in [2.24, 2.45) is 7.05 Å². The molecule has 0 radical (unpaired) electrons. The Morgan fingerprint density at radius 3 is 2.79 bits per heavy atom. The average molecular weight is 326 g/mol. The maximum absolute atomic E-state index is 12.3. The molecular formula is C18H22N4O2. The summed E-state index contributed by atoms with van der Waals surface area (Å²) in [5.41, 5.74) is 2.40. The van der Waals surface area contributed by atoms with E-state index in [4.69, 9.17) is 0 Å². The first kappa shape index (κ1) is 16.2. The highest BCUT2D eigenvalue weighted by atomic mass is 16.2. The second-order valence-electron chi connectivity index (χ2n) is 6.27. The third kappa shape index (κ3) is 3.82. The van der Waals surface area contributed by atoms with Gasteiger partial charge in [-0.3, -0.25) is 14.3 Å². The number of rotatable bonds is 6. The van der Waals surface area contributed by atoms with Gasteiger partial charge in [0.25, 0.3) is 5.91 Å². The zero-order chi connectivity index (χ0) is 17.1. The second kappa shape index (κ2) is 6.86. The molecule has 1 aromatic carbocycles. The average Bonchev–Trinajstić information content (AvgIpc) is 3.30. The first-order valence-corrected chi connectivity index (χ1v) is 8.20. The quantitative estimate of drug-likeness (QED) is 0.849. The molecule has 0 spiro atoms. The number of amides is 2. The van der Waals surface area contributed by atoms with Gasteiger partial charge in [-0.2, -0.15) is 5.10 Å². The molecule has 0 aliphatic heterocycles. The highest BCUT2D eigenvalue weighted by Gasteiger charge is 2.24. The number of hydrogen-bond donors (Lipinski definition) is 2. The van der Waals surface area contributed by atoms with Crippen LogP contribution < -0.4 is 10.6 Å². The van der Waals surface area contributed by atoms with E-state index in [0.29, 0.717) is 18.2 Å². The Morgan fingerprint density at radius 2 is 2.12 bits per heavy atom. The van der Waals surface area contributed by atoms with E-state index in [1.54, 1.807) is 16.9 Å². The fourth-order valence-corrected chi connectivity index (χ4v) is 2.60. The molecule has 1 aliphatic rings. The third-order valence-electron chi connectivity index (χ3n) is 4.26. The molecule has 0 bridgehead atoms. The zero-order valence-electron chi connectivity index (χ0n) is 14.0. The lowest BCUT2D eigenvalue weighted by Crippen LogP contribution is -2.29. The molecule has 2 amide bonds. The summed E-state index contributed by atoms with van der Waals surface area (Å²) in [6.45, 7) is 2.25. The Hall–Kier alpha value is -2.63. The minimum atomic E-state index is -0.279. The number of aromatic nitrogens is 2. The van der Waals surface area contributed by atoms with Crippen LogP contribution in [0.5, 0.6) is 0 Å². The molecule has 6 heteroatoms. The minimum absolute atomic E-state index is 0.0473. The number of nitrogens with one attached hydrogen (secondary N) is 2. The largest absolute Gasteiger partial charge is 0.351 e. The van der Waals surface area contributed by atoms with Gasteiger partial charge in [-0.1, -0.05) is 12.1 Å². The summed E-state index contributed by atoms with van der Waals surface area (Å²) in [6, 6.07) is 9.54. The van der Waals surface area contributed by atoms with Gasteiger partial charge >= 0.3 is 0 Å². The van der Waals surface area contributed by atoms with Crippen molar-refractivity contribution in [2.75, 3.05) is 0 Å². The second-order valence-corrected chi connectivity index (χ2v) is 6.27. The van der Waals surface area contributed by atoms with Crippen LogP contribution in [0.3, 0.4) is 0 Å². The summed E-state index contributed by atoms with van der Waals surface area (Å²) in [5, 5.41) is 9.98. The van der Waals surface area contributed by atoms with Gasteiger partial charge in [-0.25, -0.2) is 0 Å². The number of aryl methyl sites for hydroxylation is 1. The first-order valence-electron chi connectivity index (χ1n) is 8.20. The molecule has 24 heavy (non-hydrogen) atoms. The van der Waals surface area contributed by atoms with Crippen LogP contribution in [-0.4, -0.2) is 27.6 Å². The van der Waals surface area contributed by atoms with Crippen LogP contribution in [0.15, 0.2) is 36.5 Å². The number of hydrogen-bond acceptors (Lipinski definition) is 3. The van der Waals surface area contributed by atoms with Gasteiger partial charge in [0.1, 0.15) is 0 Å². The molecule has 1 fully saturated rings. The molecule has 1 aliphatic carbocycles. The summed E-state index contributed by atoms with van der Waals surface area (Å²) in [5.74, 6) is -0.390. The Morgan fingerprint density at radius 1 is 1.33 bits per heavy atom. The zero-order valence-corrected chi connectivity index (χ0v) is 14.0. The first-order chi connectivity index (χ1) is 11.5. The SMILES string of the molecule is CC(C(=O)NCc1cccc(C(=O)NC2CC2)c1)c1ccnn1C. The molecule has 6 nitrogen and oxygen atoms in total. The maximum Gasteiger partial charge on any atom is 0.251 e. The van der Waals surface area contributed by atoms with E-state index >= 15 is 0 Å². The van der Waals surface area contributed by atoms with E-state index in [0.717, 1.165) is 24.1 Å². The smallest absolute Gasteiger partial charge is 0.251 e. The fourth-order valence-electron chi connectivity index (χ4n) is 2.60. The monoisotopic (exact) mass is 326 g/mol. The number of carbonyl (C=O) groups excluding carboxylic acids is 2. The lowest BCUT2D eigenvalue weighted by molar-refractivity contribution is -0.122. The molecule has 3 rings (SSSR count). The predicted molar refractivity (Wildman–Crippen MR) is 90.4 cm³/mol. The third-order valence-corrected chi connectivity index (χ3v) is 4.26. The molecule has 2 aromatic rings. The Bertz CT molecular complexity index is 749. The van der Waals surface area contributed by atoms with E-state index in [2.05, 4.69) is 15.7 Å². The predicted octanol–water partition coefficient (Wildman–Crippen LogP) is 1.73. The van der Waals surface area contributed by atoms with E-state index < -0.39 is 0 Å². The van der Waals surface area contributed by atoms with Gasteiger partial charge in [0.2, 0.25) is 5.91 Å². The van der Waals surface area contributed by atoms with Gasteiger partial charge in [0.05, 0.1) is 11.6 Å². The highest BCUT2D eigenvalue weighted by Crippen LogP contribution is 2.19. The lowest BCUT2D eigenvalue weighted by atomic mass is 10.1. The number of carbonyl (C=O) groups is 2. The number of nitrogens with zero attached hydrogens (tertiary/aromatic N) is 2. The molecule has 1 unspecified atom stereocenters. The van der Waals surface area contributed by atoms with E-state index in [1.165, 1.54) is 0 Å².